The van der Waals surface area contributed by atoms with Crippen molar-refractivity contribution in [3.63, 3.8) is 0 Å². The topological polar surface area (TPSA) is 55.4 Å². The fourth-order valence-corrected chi connectivity index (χ4v) is 2.47. The zero-order valence-corrected chi connectivity index (χ0v) is 19.6. The summed E-state index contributed by atoms with van der Waals surface area (Å²) in [6.07, 6.45) is 33.5. The van der Waals surface area contributed by atoms with E-state index in [1.165, 1.54) is 0 Å². The van der Waals surface area contributed by atoms with Crippen molar-refractivity contribution in [1.82, 2.24) is 5.32 Å². The van der Waals surface area contributed by atoms with Crippen molar-refractivity contribution in [2.75, 3.05) is 13.2 Å². The maximum atomic E-state index is 11.6. The summed E-state index contributed by atoms with van der Waals surface area (Å²) in [6, 6.07) is 0. The first-order chi connectivity index (χ1) is 15.2. The predicted octanol–water partition coefficient (Wildman–Crippen LogP) is 7.35. The minimum Gasteiger partial charge on any atom is -0.454 e. The van der Waals surface area contributed by atoms with Crippen LogP contribution in [0.2, 0.25) is 0 Å². The minimum atomic E-state index is -0.816. The van der Waals surface area contributed by atoms with Crippen molar-refractivity contribution in [1.29, 1.82) is 0 Å². The van der Waals surface area contributed by atoms with E-state index in [2.05, 4.69) is 83.8 Å². The number of ether oxygens (including phenoxy) is 1. The maximum Gasteiger partial charge on any atom is 0.403 e. The molecule has 0 fully saturated rings. The summed E-state index contributed by atoms with van der Waals surface area (Å²) in [5.41, 5.74) is -0.816. The fraction of sp³-hybridized carbons (Fsp3) is 0.462. The Morgan fingerprint density at radius 1 is 0.742 bits per heavy atom. The minimum absolute atomic E-state index is 0.00303. The Morgan fingerprint density at radius 3 is 1.65 bits per heavy atom. The van der Waals surface area contributed by atoms with Gasteiger partial charge in [0.25, 0.3) is 0 Å². The third kappa shape index (κ3) is 25.6. The van der Waals surface area contributed by atoms with E-state index in [0.29, 0.717) is 25.8 Å². The Hall–Kier alpha value is -2.33. The van der Waals surface area contributed by atoms with Crippen molar-refractivity contribution in [2.24, 2.45) is 0 Å². The second kappa shape index (κ2) is 23.9. The van der Waals surface area contributed by atoms with Gasteiger partial charge in [0.05, 0.1) is 6.61 Å². The highest BCUT2D eigenvalue weighted by molar-refractivity contribution is 6.61. The Morgan fingerprint density at radius 2 is 1.19 bits per heavy atom. The van der Waals surface area contributed by atoms with Crippen LogP contribution in [0.5, 0.6) is 0 Å². The SMILES string of the molecule is CCC=CCC=CCC=CCC=CCC=CCC=CCCC(=O)NCCCOC(=O)Cl. The van der Waals surface area contributed by atoms with Gasteiger partial charge in [-0.15, -0.1) is 0 Å². The molecule has 4 nitrogen and oxygen atoms in total. The van der Waals surface area contributed by atoms with Crippen LogP contribution >= 0.6 is 11.6 Å². The molecule has 0 unspecified atom stereocenters. The molecule has 0 spiro atoms. The molecular weight excluding hydrogens is 410 g/mol. The van der Waals surface area contributed by atoms with Crippen LogP contribution in [0.4, 0.5) is 4.79 Å². The van der Waals surface area contributed by atoms with Crippen LogP contribution in [-0.2, 0) is 9.53 Å². The Kier molecular flexibility index (Phi) is 22.1. The summed E-state index contributed by atoms with van der Waals surface area (Å²) in [4.78, 5) is 22.0. The lowest BCUT2D eigenvalue weighted by Crippen LogP contribution is -2.24. The smallest absolute Gasteiger partial charge is 0.403 e. The van der Waals surface area contributed by atoms with E-state index in [0.717, 1.165) is 38.5 Å². The zero-order chi connectivity index (χ0) is 22.8. The van der Waals surface area contributed by atoms with Crippen LogP contribution in [0.3, 0.4) is 0 Å². The molecule has 0 bridgehead atoms. The summed E-state index contributed by atoms with van der Waals surface area (Å²) in [5, 5.41) is 2.78. The van der Waals surface area contributed by atoms with Crippen LogP contribution in [0.15, 0.2) is 72.9 Å². The largest absolute Gasteiger partial charge is 0.454 e. The highest BCUT2D eigenvalue weighted by Crippen LogP contribution is 1.98. The van der Waals surface area contributed by atoms with E-state index in [4.69, 9.17) is 11.6 Å². The van der Waals surface area contributed by atoms with Gasteiger partial charge >= 0.3 is 5.43 Å². The van der Waals surface area contributed by atoms with Gasteiger partial charge in [-0.2, -0.15) is 0 Å². The monoisotopic (exact) mass is 447 g/mol. The van der Waals surface area contributed by atoms with E-state index in [-0.39, 0.29) is 12.5 Å². The molecule has 172 valence electrons. The van der Waals surface area contributed by atoms with E-state index < -0.39 is 5.43 Å². The number of carbonyl (C=O) groups is 2. The first-order valence-corrected chi connectivity index (χ1v) is 11.5. The van der Waals surface area contributed by atoms with Gasteiger partial charge in [0.1, 0.15) is 0 Å². The van der Waals surface area contributed by atoms with Gasteiger partial charge in [0.15, 0.2) is 0 Å². The third-order valence-corrected chi connectivity index (χ3v) is 4.10. The van der Waals surface area contributed by atoms with E-state index in [1.807, 2.05) is 6.08 Å². The second-order valence-corrected chi connectivity index (χ2v) is 7.05. The Bertz CT molecular complexity index is 631. The summed E-state index contributed by atoms with van der Waals surface area (Å²) in [5.74, 6) is -0.00303. The molecular formula is C26H38ClNO3. The Balaban J connectivity index is 3.55. The molecule has 0 aliphatic heterocycles. The van der Waals surface area contributed by atoms with Crippen LogP contribution in [-0.4, -0.2) is 24.5 Å². The van der Waals surface area contributed by atoms with Crippen molar-refractivity contribution in [3.05, 3.63) is 72.9 Å². The molecule has 0 saturated heterocycles. The number of carbonyl (C=O) groups excluding carboxylic acids is 2. The third-order valence-electron chi connectivity index (χ3n) is 3.99. The van der Waals surface area contributed by atoms with Gasteiger partial charge in [-0.1, -0.05) is 79.8 Å². The van der Waals surface area contributed by atoms with Crippen molar-refractivity contribution in [3.8, 4) is 0 Å². The standard InChI is InChI=1S/C26H38ClNO3/c1-2-3-4-5-6-7-8-9-10-11-12-13-14-15-16-17-18-19-20-22-25(29)28-23-21-24-31-26(27)30/h3-4,6-7,9-10,12-13,15-16,18-19H,2,5,8,11,14,17,20-24H2,1H3,(H,28,29). The van der Waals surface area contributed by atoms with E-state index in [9.17, 15) is 9.59 Å². The highest BCUT2D eigenvalue weighted by Gasteiger charge is 1.99. The lowest BCUT2D eigenvalue weighted by Gasteiger charge is -2.03. The molecule has 0 saturated carbocycles. The molecule has 31 heavy (non-hydrogen) atoms. The molecule has 0 atom stereocenters. The molecule has 0 radical (unpaired) electrons. The predicted molar refractivity (Wildman–Crippen MR) is 132 cm³/mol. The number of amides is 1. The van der Waals surface area contributed by atoms with Gasteiger partial charge in [0.2, 0.25) is 5.91 Å². The van der Waals surface area contributed by atoms with E-state index in [1.54, 1.807) is 0 Å². The molecule has 0 aliphatic carbocycles. The molecule has 0 aliphatic rings. The van der Waals surface area contributed by atoms with Crippen LogP contribution in [0, 0.1) is 0 Å². The molecule has 5 heteroatoms. The summed E-state index contributed by atoms with van der Waals surface area (Å²) < 4.78 is 4.57. The number of halogens is 1. The van der Waals surface area contributed by atoms with Crippen molar-refractivity contribution < 1.29 is 14.3 Å². The van der Waals surface area contributed by atoms with Gasteiger partial charge in [-0.25, -0.2) is 4.79 Å². The van der Waals surface area contributed by atoms with Crippen LogP contribution in [0.25, 0.3) is 0 Å². The quantitative estimate of drug-likeness (QED) is 0.136. The lowest BCUT2D eigenvalue weighted by molar-refractivity contribution is -0.121. The first kappa shape index (κ1) is 28.7. The zero-order valence-electron chi connectivity index (χ0n) is 18.8. The number of hydrogen-bond acceptors (Lipinski definition) is 3. The number of nitrogens with one attached hydrogen (secondary N) is 1. The van der Waals surface area contributed by atoms with Crippen LogP contribution in [0.1, 0.15) is 64.7 Å². The highest BCUT2D eigenvalue weighted by atomic mass is 35.5. The van der Waals surface area contributed by atoms with Gasteiger partial charge in [-0.05, 0) is 51.4 Å². The van der Waals surface area contributed by atoms with Crippen molar-refractivity contribution >= 4 is 22.9 Å². The molecule has 1 N–H and O–H groups in total. The fourth-order valence-electron chi connectivity index (χ4n) is 2.39. The normalized spacial score (nSPS) is 12.5. The average Bonchev–Trinajstić information content (AvgIpc) is 2.75. The van der Waals surface area contributed by atoms with Gasteiger partial charge in [-0.3, -0.25) is 4.79 Å². The molecule has 0 aromatic carbocycles. The average molecular weight is 448 g/mol. The maximum absolute atomic E-state index is 11.6. The molecule has 0 rings (SSSR count). The summed E-state index contributed by atoms with van der Waals surface area (Å²) in [6.45, 7) is 2.84. The number of hydrogen-bond donors (Lipinski definition) is 1. The van der Waals surface area contributed by atoms with Gasteiger partial charge < -0.3 is 10.1 Å². The molecule has 0 aromatic heterocycles. The van der Waals surface area contributed by atoms with Gasteiger partial charge in [0, 0.05) is 24.6 Å². The number of allylic oxidation sites excluding steroid dienone is 12. The van der Waals surface area contributed by atoms with E-state index >= 15 is 0 Å². The van der Waals surface area contributed by atoms with Crippen molar-refractivity contribution in [2.45, 2.75) is 64.7 Å². The molecule has 1 amide bonds. The summed E-state index contributed by atoms with van der Waals surface area (Å²) in [7, 11) is 0. The lowest BCUT2D eigenvalue weighted by atomic mass is 10.2. The molecule has 0 heterocycles. The molecule has 0 aromatic rings. The Labute approximate surface area is 193 Å². The first-order valence-electron chi connectivity index (χ1n) is 11.2. The second-order valence-electron chi connectivity index (χ2n) is 6.74. The van der Waals surface area contributed by atoms with Crippen LogP contribution < -0.4 is 5.32 Å². The summed E-state index contributed by atoms with van der Waals surface area (Å²) >= 11 is 5.04. The number of rotatable bonds is 18.